The number of nitrogens with zero attached hydrogens (tertiary/aromatic N) is 5. The maximum absolute atomic E-state index is 14.0. The fourth-order valence-electron chi connectivity index (χ4n) is 3.38. The summed E-state index contributed by atoms with van der Waals surface area (Å²) in [5.41, 5.74) is -0.869. The SMILES string of the molecule is COc1cccc(-c2noc(-c3cnn(CC(C)O)c3C(F)(F)F)c2-c2ncccn2)c1Cl. The summed E-state index contributed by atoms with van der Waals surface area (Å²) in [6.07, 6.45) is -1.96. The van der Waals surface area contributed by atoms with Crippen molar-refractivity contribution >= 4 is 11.6 Å². The molecule has 12 heteroatoms. The van der Waals surface area contributed by atoms with Gasteiger partial charge in [0.2, 0.25) is 0 Å². The lowest BCUT2D eigenvalue weighted by molar-refractivity contribution is -0.144. The van der Waals surface area contributed by atoms with Crippen LogP contribution in [0.5, 0.6) is 5.75 Å². The standard InChI is InChI=1S/C21H17ClF3N5O3/c1-11(31)10-30-19(21(23,24)25)13(9-28-30)18-15(20-26-7-4-8-27-20)17(29-33-18)12-5-3-6-14(32-2)16(12)22/h3-9,11,31H,10H2,1-2H3. The molecule has 0 saturated heterocycles. The van der Waals surface area contributed by atoms with Gasteiger partial charge in [-0.05, 0) is 19.1 Å². The average molecular weight is 480 g/mol. The maximum atomic E-state index is 14.0. The summed E-state index contributed by atoms with van der Waals surface area (Å²) in [6.45, 7) is 0.997. The first kappa shape index (κ1) is 22.7. The number of alkyl halides is 3. The summed E-state index contributed by atoms with van der Waals surface area (Å²) < 4.78 is 53.4. The normalized spacial score (nSPS) is 12.7. The highest BCUT2D eigenvalue weighted by molar-refractivity contribution is 6.35. The van der Waals surface area contributed by atoms with Gasteiger partial charge in [0.05, 0.1) is 42.1 Å². The lowest BCUT2D eigenvalue weighted by Gasteiger charge is -2.13. The number of aliphatic hydroxyl groups is 1. The van der Waals surface area contributed by atoms with E-state index in [9.17, 15) is 18.3 Å². The Morgan fingerprint density at radius 3 is 2.55 bits per heavy atom. The van der Waals surface area contributed by atoms with Crippen LogP contribution in [0.4, 0.5) is 13.2 Å². The van der Waals surface area contributed by atoms with E-state index in [0.717, 1.165) is 6.20 Å². The van der Waals surface area contributed by atoms with Crippen LogP contribution in [0.2, 0.25) is 5.02 Å². The van der Waals surface area contributed by atoms with Gasteiger partial charge in [0, 0.05) is 18.0 Å². The highest BCUT2D eigenvalue weighted by Crippen LogP contribution is 2.45. The van der Waals surface area contributed by atoms with E-state index in [2.05, 4.69) is 20.2 Å². The molecule has 0 aliphatic carbocycles. The molecule has 1 aromatic carbocycles. The largest absolute Gasteiger partial charge is 0.495 e. The molecule has 1 unspecified atom stereocenters. The van der Waals surface area contributed by atoms with Crippen LogP contribution < -0.4 is 4.74 Å². The van der Waals surface area contributed by atoms with Crippen LogP contribution in [-0.4, -0.2) is 43.2 Å². The first-order chi connectivity index (χ1) is 15.7. The molecule has 33 heavy (non-hydrogen) atoms. The van der Waals surface area contributed by atoms with Gasteiger partial charge >= 0.3 is 6.18 Å². The molecule has 0 radical (unpaired) electrons. The average Bonchev–Trinajstić information content (AvgIpc) is 3.38. The lowest BCUT2D eigenvalue weighted by Crippen LogP contribution is -2.20. The Hall–Kier alpha value is -3.44. The number of hydrogen-bond donors (Lipinski definition) is 1. The number of benzene rings is 1. The second-order valence-corrected chi connectivity index (χ2v) is 7.44. The summed E-state index contributed by atoms with van der Waals surface area (Å²) in [7, 11) is 1.44. The van der Waals surface area contributed by atoms with Gasteiger partial charge < -0.3 is 14.4 Å². The van der Waals surface area contributed by atoms with Crippen molar-refractivity contribution in [2.24, 2.45) is 0 Å². The van der Waals surface area contributed by atoms with E-state index in [1.54, 1.807) is 24.3 Å². The van der Waals surface area contributed by atoms with Gasteiger partial charge in [-0.25, -0.2) is 9.97 Å². The molecule has 3 heterocycles. The Bertz CT molecular complexity index is 1270. The van der Waals surface area contributed by atoms with Gasteiger partial charge in [-0.3, -0.25) is 4.68 Å². The number of rotatable bonds is 6. The molecule has 8 nitrogen and oxygen atoms in total. The van der Waals surface area contributed by atoms with Crippen molar-refractivity contribution in [3.8, 4) is 39.7 Å². The summed E-state index contributed by atoms with van der Waals surface area (Å²) in [4.78, 5) is 8.36. The topological polar surface area (TPSA) is 99.1 Å². The first-order valence-corrected chi connectivity index (χ1v) is 10.0. The molecule has 0 bridgehead atoms. The third-order valence-corrected chi connectivity index (χ3v) is 5.10. The van der Waals surface area contributed by atoms with Gasteiger partial charge in [-0.1, -0.05) is 28.9 Å². The Labute approximate surface area is 190 Å². The van der Waals surface area contributed by atoms with Crippen molar-refractivity contribution in [2.45, 2.75) is 25.7 Å². The molecule has 1 atom stereocenters. The molecule has 0 spiro atoms. The van der Waals surface area contributed by atoms with Gasteiger partial charge in [0.15, 0.2) is 17.3 Å². The summed E-state index contributed by atoms with van der Waals surface area (Å²) in [5, 5.41) is 17.7. The van der Waals surface area contributed by atoms with Crippen molar-refractivity contribution in [3.05, 3.63) is 53.6 Å². The minimum absolute atomic E-state index is 0.0824. The van der Waals surface area contributed by atoms with Gasteiger partial charge in [0.1, 0.15) is 11.4 Å². The third-order valence-electron chi connectivity index (χ3n) is 4.71. The molecule has 0 aliphatic rings. The fourth-order valence-corrected chi connectivity index (χ4v) is 3.68. The molecule has 4 rings (SSSR count). The predicted molar refractivity (Wildman–Crippen MR) is 112 cm³/mol. The first-order valence-electron chi connectivity index (χ1n) is 9.63. The number of aromatic nitrogens is 5. The van der Waals surface area contributed by atoms with Crippen molar-refractivity contribution in [3.63, 3.8) is 0 Å². The minimum atomic E-state index is -4.80. The zero-order chi connectivity index (χ0) is 23.8. The zero-order valence-corrected chi connectivity index (χ0v) is 18.1. The van der Waals surface area contributed by atoms with Gasteiger partial charge in [-0.15, -0.1) is 0 Å². The van der Waals surface area contributed by atoms with Crippen LogP contribution in [0.1, 0.15) is 12.6 Å². The van der Waals surface area contributed by atoms with Crippen molar-refractivity contribution in [1.82, 2.24) is 24.9 Å². The highest BCUT2D eigenvalue weighted by atomic mass is 35.5. The second-order valence-electron chi connectivity index (χ2n) is 7.07. The van der Waals surface area contributed by atoms with E-state index in [1.807, 2.05) is 0 Å². The Kier molecular flexibility index (Phi) is 6.09. The van der Waals surface area contributed by atoms with Crippen molar-refractivity contribution < 1.29 is 27.5 Å². The molecule has 0 fully saturated rings. The van der Waals surface area contributed by atoms with E-state index in [0.29, 0.717) is 16.0 Å². The Morgan fingerprint density at radius 1 is 1.18 bits per heavy atom. The van der Waals surface area contributed by atoms with E-state index < -0.39 is 18.0 Å². The summed E-state index contributed by atoms with van der Waals surface area (Å²) in [6, 6.07) is 6.48. The summed E-state index contributed by atoms with van der Waals surface area (Å²) >= 11 is 6.45. The van der Waals surface area contributed by atoms with Crippen molar-refractivity contribution in [1.29, 1.82) is 0 Å². The Balaban J connectivity index is 2.00. The number of methoxy groups -OCH3 is 1. The van der Waals surface area contributed by atoms with E-state index in [4.69, 9.17) is 20.9 Å². The minimum Gasteiger partial charge on any atom is -0.495 e. The van der Waals surface area contributed by atoms with Crippen molar-refractivity contribution in [2.75, 3.05) is 7.11 Å². The molecule has 0 saturated carbocycles. The van der Waals surface area contributed by atoms with Crippen LogP contribution in [0.25, 0.3) is 34.0 Å². The van der Waals surface area contributed by atoms with Crippen LogP contribution in [-0.2, 0) is 12.7 Å². The van der Waals surface area contributed by atoms with Crippen LogP contribution >= 0.6 is 11.6 Å². The fraction of sp³-hybridized carbons (Fsp3) is 0.238. The number of aliphatic hydroxyl groups excluding tert-OH is 1. The van der Waals surface area contributed by atoms with E-state index >= 15 is 0 Å². The second kappa shape index (κ2) is 8.83. The molecule has 1 N–H and O–H groups in total. The number of ether oxygens (including phenoxy) is 1. The zero-order valence-electron chi connectivity index (χ0n) is 17.3. The van der Waals surface area contributed by atoms with Gasteiger partial charge in [-0.2, -0.15) is 18.3 Å². The summed E-state index contributed by atoms with van der Waals surface area (Å²) in [5.74, 6) is 0.192. The highest BCUT2D eigenvalue weighted by Gasteiger charge is 2.41. The molecular formula is C21H17ClF3N5O3. The lowest BCUT2D eigenvalue weighted by atomic mass is 10.0. The van der Waals surface area contributed by atoms with Gasteiger partial charge in [0.25, 0.3) is 0 Å². The number of halogens is 4. The molecule has 0 amide bonds. The van der Waals surface area contributed by atoms with Crippen LogP contribution in [0, 0.1) is 0 Å². The Morgan fingerprint density at radius 2 is 1.91 bits per heavy atom. The maximum Gasteiger partial charge on any atom is 0.433 e. The van der Waals surface area contributed by atoms with Crippen LogP contribution in [0.3, 0.4) is 0 Å². The van der Waals surface area contributed by atoms with Crippen LogP contribution in [0.15, 0.2) is 47.4 Å². The third kappa shape index (κ3) is 4.29. The monoisotopic (exact) mass is 479 g/mol. The van der Waals surface area contributed by atoms with E-state index in [1.165, 1.54) is 26.4 Å². The smallest absolute Gasteiger partial charge is 0.433 e. The van der Waals surface area contributed by atoms with E-state index in [-0.39, 0.29) is 40.0 Å². The predicted octanol–water partition coefficient (Wildman–Crippen LogP) is 4.72. The molecule has 0 aliphatic heterocycles. The molecule has 4 aromatic rings. The molecule has 172 valence electrons. The molecule has 3 aromatic heterocycles. The number of hydrogen-bond acceptors (Lipinski definition) is 7. The quantitative estimate of drug-likeness (QED) is 0.427. The molecular weight excluding hydrogens is 463 g/mol.